The van der Waals surface area contributed by atoms with E-state index in [1.807, 2.05) is 13.2 Å². The van der Waals surface area contributed by atoms with Gasteiger partial charge in [-0.1, -0.05) is 36.5 Å². The van der Waals surface area contributed by atoms with Crippen molar-refractivity contribution in [3.63, 3.8) is 0 Å². The molecule has 1 N–H and O–H groups in total. The molecule has 0 amide bonds. The highest BCUT2D eigenvalue weighted by atomic mass is 32.1. The summed E-state index contributed by atoms with van der Waals surface area (Å²) in [5, 5.41) is 4.39. The van der Waals surface area contributed by atoms with Crippen LogP contribution in [0.25, 0.3) is 0 Å². The van der Waals surface area contributed by atoms with Crippen LogP contribution in [0, 0.1) is 5.92 Å². The molecule has 0 bridgehead atoms. The molecule has 106 valence electrons. The highest BCUT2D eigenvalue weighted by molar-refractivity contribution is 7.15. The van der Waals surface area contributed by atoms with Gasteiger partial charge in [0.2, 0.25) is 0 Å². The lowest BCUT2D eigenvalue weighted by Crippen LogP contribution is -2.30. The molecule has 3 rings (SSSR count). The van der Waals surface area contributed by atoms with Crippen molar-refractivity contribution in [2.75, 3.05) is 18.5 Å². The summed E-state index contributed by atoms with van der Waals surface area (Å²) in [5.41, 5.74) is 2.76. The van der Waals surface area contributed by atoms with Gasteiger partial charge in [0.15, 0.2) is 5.13 Å². The topological polar surface area (TPSA) is 28.2 Å². The van der Waals surface area contributed by atoms with E-state index in [4.69, 9.17) is 0 Å². The second kappa shape index (κ2) is 5.54. The van der Waals surface area contributed by atoms with E-state index in [-0.39, 0.29) is 0 Å². The first-order chi connectivity index (χ1) is 9.69. The summed E-state index contributed by atoms with van der Waals surface area (Å²) < 4.78 is 0. The van der Waals surface area contributed by atoms with Gasteiger partial charge in [0.1, 0.15) is 0 Å². The van der Waals surface area contributed by atoms with Crippen LogP contribution in [-0.4, -0.2) is 18.6 Å². The Kier molecular flexibility index (Phi) is 3.76. The number of rotatable bonds is 3. The molecule has 2 unspecified atom stereocenters. The van der Waals surface area contributed by atoms with Gasteiger partial charge in [0, 0.05) is 29.3 Å². The van der Waals surface area contributed by atoms with Gasteiger partial charge >= 0.3 is 0 Å². The minimum Gasteiger partial charge on any atom is -0.317 e. The van der Waals surface area contributed by atoms with E-state index in [9.17, 15) is 0 Å². The van der Waals surface area contributed by atoms with Crippen molar-refractivity contribution in [3.8, 4) is 0 Å². The first kappa shape index (κ1) is 13.6. The monoisotopic (exact) mass is 287 g/mol. The summed E-state index contributed by atoms with van der Waals surface area (Å²) in [5.74, 6) is 0.666. The average Bonchev–Trinajstić information content (AvgIpc) is 2.95. The first-order valence-electron chi connectivity index (χ1n) is 7.17. The Morgan fingerprint density at radius 2 is 2.20 bits per heavy atom. The third-order valence-corrected chi connectivity index (χ3v) is 5.15. The predicted molar refractivity (Wildman–Crippen MR) is 85.9 cm³/mol. The quantitative estimate of drug-likeness (QED) is 0.932. The van der Waals surface area contributed by atoms with Gasteiger partial charge in [0.05, 0.1) is 0 Å². The molecule has 0 aliphatic carbocycles. The largest absolute Gasteiger partial charge is 0.317 e. The van der Waals surface area contributed by atoms with Gasteiger partial charge in [-0.05, 0) is 37.9 Å². The molecule has 2 heterocycles. The summed E-state index contributed by atoms with van der Waals surface area (Å²) in [4.78, 5) is 8.31. The first-order valence-corrected chi connectivity index (χ1v) is 7.99. The number of nitrogens with zero attached hydrogens (tertiary/aromatic N) is 2. The highest BCUT2D eigenvalue weighted by Crippen LogP contribution is 2.38. The third-order valence-electron chi connectivity index (χ3n) is 3.95. The minimum absolute atomic E-state index is 0.360. The standard InChI is InChI=1S/C16H21N3S/c1-11-8-13-6-4-5-7-14(13)19(10-11)16-18-9-15(20-16)12(2)17-3/h4-7,9,11-12,17H,8,10H2,1-3H3. The van der Waals surface area contributed by atoms with Crippen LogP contribution in [0.3, 0.4) is 0 Å². The zero-order valence-corrected chi connectivity index (χ0v) is 13.1. The Balaban J connectivity index is 1.96. The molecular weight excluding hydrogens is 266 g/mol. The number of benzene rings is 1. The van der Waals surface area contributed by atoms with Crippen molar-refractivity contribution in [1.29, 1.82) is 0 Å². The van der Waals surface area contributed by atoms with Crippen molar-refractivity contribution < 1.29 is 0 Å². The predicted octanol–water partition coefficient (Wildman–Crippen LogP) is 3.75. The second-order valence-corrected chi connectivity index (χ2v) is 6.64. The van der Waals surface area contributed by atoms with Crippen LogP contribution in [-0.2, 0) is 6.42 Å². The molecule has 1 aromatic carbocycles. The second-order valence-electron chi connectivity index (χ2n) is 5.60. The lowest BCUT2D eigenvalue weighted by molar-refractivity contribution is 0.562. The number of hydrogen-bond acceptors (Lipinski definition) is 4. The van der Waals surface area contributed by atoms with Crippen LogP contribution < -0.4 is 10.2 Å². The Morgan fingerprint density at radius 1 is 1.40 bits per heavy atom. The fourth-order valence-electron chi connectivity index (χ4n) is 2.72. The van der Waals surface area contributed by atoms with Gasteiger partial charge in [-0.2, -0.15) is 0 Å². The maximum Gasteiger partial charge on any atom is 0.190 e. The molecule has 4 heteroatoms. The average molecular weight is 287 g/mol. The lowest BCUT2D eigenvalue weighted by Gasteiger charge is -2.32. The SMILES string of the molecule is CNC(C)c1cnc(N2CC(C)Cc3ccccc32)s1. The number of thiazole rings is 1. The summed E-state index contributed by atoms with van der Waals surface area (Å²) >= 11 is 1.79. The van der Waals surface area contributed by atoms with E-state index in [1.165, 1.54) is 16.1 Å². The molecule has 0 fully saturated rings. The molecule has 2 aromatic rings. The molecule has 1 aromatic heterocycles. The van der Waals surface area contributed by atoms with Gasteiger partial charge < -0.3 is 10.2 Å². The number of nitrogens with one attached hydrogen (secondary N) is 1. The van der Waals surface area contributed by atoms with E-state index >= 15 is 0 Å². The lowest BCUT2D eigenvalue weighted by atomic mass is 9.94. The van der Waals surface area contributed by atoms with Crippen LogP contribution >= 0.6 is 11.3 Å². The van der Waals surface area contributed by atoms with Crippen molar-refractivity contribution in [2.45, 2.75) is 26.3 Å². The molecular formula is C16H21N3S. The van der Waals surface area contributed by atoms with Gasteiger partial charge in [0.25, 0.3) is 0 Å². The summed E-state index contributed by atoms with van der Waals surface area (Å²) in [6, 6.07) is 9.06. The molecule has 1 aliphatic heterocycles. The van der Waals surface area contributed by atoms with Crippen LogP contribution in [0.15, 0.2) is 30.5 Å². The van der Waals surface area contributed by atoms with Crippen LogP contribution in [0.1, 0.15) is 30.3 Å². The molecule has 0 radical (unpaired) electrons. The Morgan fingerprint density at radius 3 is 3.00 bits per heavy atom. The zero-order chi connectivity index (χ0) is 14.1. The minimum atomic E-state index is 0.360. The van der Waals surface area contributed by atoms with Crippen molar-refractivity contribution in [3.05, 3.63) is 40.9 Å². The zero-order valence-electron chi connectivity index (χ0n) is 12.3. The van der Waals surface area contributed by atoms with Gasteiger partial charge in [-0.3, -0.25) is 0 Å². The maximum atomic E-state index is 4.65. The molecule has 1 aliphatic rings. The van der Waals surface area contributed by atoms with Crippen LogP contribution in [0.5, 0.6) is 0 Å². The van der Waals surface area contributed by atoms with Crippen molar-refractivity contribution in [1.82, 2.24) is 10.3 Å². The molecule has 0 saturated heterocycles. The Hall–Kier alpha value is -1.39. The smallest absolute Gasteiger partial charge is 0.190 e. The molecule has 0 spiro atoms. The fourth-order valence-corrected chi connectivity index (χ4v) is 3.72. The van der Waals surface area contributed by atoms with E-state index in [0.29, 0.717) is 12.0 Å². The third kappa shape index (κ3) is 2.45. The summed E-state index contributed by atoms with van der Waals surface area (Å²) in [6.45, 7) is 5.54. The van der Waals surface area contributed by atoms with Crippen LogP contribution in [0.4, 0.5) is 10.8 Å². The van der Waals surface area contributed by atoms with Crippen molar-refractivity contribution >= 4 is 22.2 Å². The molecule has 3 nitrogen and oxygen atoms in total. The number of aromatic nitrogens is 1. The normalized spacial score (nSPS) is 19.8. The number of fused-ring (bicyclic) bond motifs is 1. The van der Waals surface area contributed by atoms with E-state index in [0.717, 1.165) is 18.1 Å². The summed E-state index contributed by atoms with van der Waals surface area (Å²) in [7, 11) is 1.99. The highest BCUT2D eigenvalue weighted by Gasteiger charge is 2.24. The van der Waals surface area contributed by atoms with E-state index in [1.54, 1.807) is 11.3 Å². The van der Waals surface area contributed by atoms with E-state index < -0.39 is 0 Å². The van der Waals surface area contributed by atoms with Crippen LogP contribution in [0.2, 0.25) is 0 Å². The van der Waals surface area contributed by atoms with Gasteiger partial charge in [-0.15, -0.1) is 0 Å². The fraction of sp³-hybridized carbons (Fsp3) is 0.438. The van der Waals surface area contributed by atoms with Gasteiger partial charge in [-0.25, -0.2) is 4.98 Å². The number of hydrogen-bond donors (Lipinski definition) is 1. The number of anilines is 2. The maximum absolute atomic E-state index is 4.65. The Labute approximate surface area is 124 Å². The van der Waals surface area contributed by atoms with Crippen molar-refractivity contribution in [2.24, 2.45) is 5.92 Å². The number of para-hydroxylation sites is 1. The molecule has 20 heavy (non-hydrogen) atoms. The molecule has 0 saturated carbocycles. The summed E-state index contributed by atoms with van der Waals surface area (Å²) in [6.07, 6.45) is 3.17. The van der Waals surface area contributed by atoms with E-state index in [2.05, 4.69) is 53.3 Å². The molecule has 2 atom stereocenters. The Bertz CT molecular complexity index is 593.